The molecule has 0 aliphatic heterocycles. The molecule has 0 aliphatic carbocycles. The first kappa shape index (κ1) is 12.9. The van der Waals surface area contributed by atoms with E-state index in [0.717, 1.165) is 12.1 Å². The Morgan fingerprint density at radius 3 is 2.36 bits per heavy atom. The SMILES string of the molecule is CC/C(C)=C(N)/C=N\C=C(/C)C(C)C. The topological polar surface area (TPSA) is 38.4 Å². The van der Waals surface area contributed by atoms with E-state index in [1.54, 1.807) is 6.21 Å². The summed E-state index contributed by atoms with van der Waals surface area (Å²) in [4.78, 5) is 4.19. The Bertz CT molecular complexity index is 257. The van der Waals surface area contributed by atoms with E-state index in [0.29, 0.717) is 5.92 Å². The van der Waals surface area contributed by atoms with Crippen molar-refractivity contribution in [3.05, 3.63) is 23.0 Å². The van der Waals surface area contributed by atoms with Gasteiger partial charge in [0, 0.05) is 18.1 Å². The van der Waals surface area contributed by atoms with Crippen LogP contribution in [0.1, 0.15) is 41.0 Å². The van der Waals surface area contributed by atoms with E-state index < -0.39 is 0 Å². The summed E-state index contributed by atoms with van der Waals surface area (Å²) in [6.45, 7) is 10.5. The zero-order chi connectivity index (χ0) is 11.1. The van der Waals surface area contributed by atoms with E-state index >= 15 is 0 Å². The van der Waals surface area contributed by atoms with E-state index in [2.05, 4.69) is 32.7 Å². The number of allylic oxidation sites excluding steroid dienone is 3. The molecular weight excluding hydrogens is 172 g/mol. The number of rotatable bonds is 4. The fraction of sp³-hybridized carbons (Fsp3) is 0.583. The minimum atomic E-state index is 0.546. The maximum absolute atomic E-state index is 5.79. The van der Waals surface area contributed by atoms with Gasteiger partial charge in [0.05, 0.1) is 0 Å². The van der Waals surface area contributed by atoms with Crippen molar-refractivity contribution in [2.45, 2.75) is 41.0 Å². The fourth-order valence-corrected chi connectivity index (χ4v) is 0.699. The zero-order valence-electron chi connectivity index (χ0n) is 9.96. The predicted octanol–water partition coefficient (Wildman–Crippen LogP) is 3.26. The smallest absolute Gasteiger partial charge is 0.0497 e. The molecule has 80 valence electrons. The summed E-state index contributed by atoms with van der Waals surface area (Å²) in [6.07, 6.45) is 4.58. The lowest BCUT2D eigenvalue weighted by Gasteiger charge is -2.02. The van der Waals surface area contributed by atoms with Gasteiger partial charge < -0.3 is 5.73 Å². The lowest BCUT2D eigenvalue weighted by Crippen LogP contribution is -2.01. The van der Waals surface area contributed by atoms with Crippen LogP contribution in [-0.2, 0) is 0 Å². The molecule has 0 unspecified atom stereocenters. The normalized spacial score (nSPS) is 15.1. The third-order valence-corrected chi connectivity index (χ3v) is 2.43. The lowest BCUT2D eigenvalue weighted by molar-refractivity contribution is 0.766. The third kappa shape index (κ3) is 4.85. The molecule has 0 aliphatic rings. The van der Waals surface area contributed by atoms with Crippen LogP contribution in [0.4, 0.5) is 0 Å². The molecule has 0 spiro atoms. The molecule has 0 atom stereocenters. The Labute approximate surface area is 87.6 Å². The van der Waals surface area contributed by atoms with Crippen LogP contribution in [0.5, 0.6) is 0 Å². The molecule has 0 amide bonds. The largest absolute Gasteiger partial charge is 0.398 e. The highest BCUT2D eigenvalue weighted by atomic mass is 14.7. The second-order valence-electron chi connectivity index (χ2n) is 3.90. The molecule has 0 saturated carbocycles. The van der Waals surface area contributed by atoms with Crippen LogP contribution in [-0.4, -0.2) is 6.21 Å². The van der Waals surface area contributed by atoms with Gasteiger partial charge in [-0.1, -0.05) is 26.3 Å². The highest BCUT2D eigenvalue weighted by molar-refractivity contribution is 5.78. The molecule has 2 N–H and O–H groups in total. The van der Waals surface area contributed by atoms with Crippen molar-refractivity contribution in [2.24, 2.45) is 16.6 Å². The van der Waals surface area contributed by atoms with E-state index in [1.807, 2.05) is 13.1 Å². The molecule has 0 radical (unpaired) electrons. The number of nitrogens with zero attached hydrogens (tertiary/aromatic N) is 1. The van der Waals surface area contributed by atoms with Crippen LogP contribution in [0, 0.1) is 5.92 Å². The molecule has 0 aromatic heterocycles. The highest BCUT2D eigenvalue weighted by Crippen LogP contribution is 2.07. The van der Waals surface area contributed by atoms with Gasteiger partial charge in [0.1, 0.15) is 0 Å². The Hall–Kier alpha value is -1.05. The number of hydrogen-bond donors (Lipinski definition) is 1. The van der Waals surface area contributed by atoms with Crippen LogP contribution >= 0.6 is 0 Å². The molecule has 2 nitrogen and oxygen atoms in total. The molecular formula is C12H22N2. The molecule has 0 saturated heterocycles. The maximum atomic E-state index is 5.79. The number of aliphatic imine (C=N–C) groups is 1. The van der Waals surface area contributed by atoms with Gasteiger partial charge in [0.2, 0.25) is 0 Å². The quantitative estimate of drug-likeness (QED) is 0.685. The highest BCUT2D eigenvalue weighted by Gasteiger charge is 1.94. The van der Waals surface area contributed by atoms with Crippen LogP contribution in [0.15, 0.2) is 28.0 Å². The first-order valence-corrected chi connectivity index (χ1v) is 5.14. The van der Waals surface area contributed by atoms with Crippen LogP contribution in [0.2, 0.25) is 0 Å². The summed E-state index contributed by atoms with van der Waals surface area (Å²) in [7, 11) is 0. The molecule has 0 fully saturated rings. The van der Waals surface area contributed by atoms with Crippen molar-refractivity contribution in [1.82, 2.24) is 0 Å². The van der Waals surface area contributed by atoms with Gasteiger partial charge >= 0.3 is 0 Å². The fourth-order valence-electron chi connectivity index (χ4n) is 0.699. The van der Waals surface area contributed by atoms with Crippen molar-refractivity contribution in [2.75, 3.05) is 0 Å². The molecule has 0 bridgehead atoms. The molecule has 0 rings (SSSR count). The molecule has 0 aromatic carbocycles. The molecule has 0 heterocycles. The van der Waals surface area contributed by atoms with Crippen molar-refractivity contribution >= 4 is 6.21 Å². The monoisotopic (exact) mass is 194 g/mol. The molecule has 14 heavy (non-hydrogen) atoms. The minimum Gasteiger partial charge on any atom is -0.398 e. The first-order valence-electron chi connectivity index (χ1n) is 5.14. The number of nitrogens with two attached hydrogens (primary N) is 1. The second kappa shape index (κ2) is 6.41. The van der Waals surface area contributed by atoms with Crippen LogP contribution in [0.25, 0.3) is 0 Å². The van der Waals surface area contributed by atoms with Gasteiger partial charge in [0.15, 0.2) is 0 Å². The van der Waals surface area contributed by atoms with Crippen LogP contribution < -0.4 is 5.73 Å². The van der Waals surface area contributed by atoms with Gasteiger partial charge in [0.25, 0.3) is 0 Å². The zero-order valence-corrected chi connectivity index (χ0v) is 9.96. The van der Waals surface area contributed by atoms with Crippen molar-refractivity contribution in [3.8, 4) is 0 Å². The molecule has 2 heteroatoms. The Balaban J connectivity index is 4.40. The van der Waals surface area contributed by atoms with Crippen molar-refractivity contribution in [1.29, 1.82) is 0 Å². The van der Waals surface area contributed by atoms with Gasteiger partial charge in [-0.25, -0.2) is 0 Å². The van der Waals surface area contributed by atoms with Crippen LogP contribution in [0.3, 0.4) is 0 Å². The minimum absolute atomic E-state index is 0.546. The Kier molecular flexibility index (Phi) is 5.93. The average Bonchev–Trinajstić information content (AvgIpc) is 2.15. The van der Waals surface area contributed by atoms with E-state index in [1.165, 1.54) is 11.1 Å². The van der Waals surface area contributed by atoms with Crippen molar-refractivity contribution in [3.63, 3.8) is 0 Å². The van der Waals surface area contributed by atoms with E-state index in [4.69, 9.17) is 5.73 Å². The first-order chi connectivity index (χ1) is 6.49. The third-order valence-electron chi connectivity index (χ3n) is 2.43. The Morgan fingerprint density at radius 1 is 1.36 bits per heavy atom. The summed E-state index contributed by atoms with van der Waals surface area (Å²) >= 11 is 0. The van der Waals surface area contributed by atoms with Gasteiger partial charge in [-0.3, -0.25) is 4.99 Å². The standard InChI is InChI=1S/C12H22N2/c1-6-10(4)12(13)8-14-7-11(5)9(2)3/h7-9H,6,13H2,1-5H3/b11-7+,12-10-,14-8-. The second-order valence-corrected chi connectivity index (χ2v) is 3.90. The van der Waals surface area contributed by atoms with Gasteiger partial charge in [-0.15, -0.1) is 0 Å². The molecule has 0 aromatic rings. The average molecular weight is 194 g/mol. The summed E-state index contributed by atoms with van der Waals surface area (Å²) < 4.78 is 0. The van der Waals surface area contributed by atoms with E-state index in [-0.39, 0.29) is 0 Å². The summed E-state index contributed by atoms with van der Waals surface area (Å²) in [5.74, 6) is 0.546. The van der Waals surface area contributed by atoms with Crippen molar-refractivity contribution < 1.29 is 0 Å². The Morgan fingerprint density at radius 2 is 1.93 bits per heavy atom. The van der Waals surface area contributed by atoms with E-state index in [9.17, 15) is 0 Å². The predicted molar refractivity (Wildman–Crippen MR) is 64.3 cm³/mol. The van der Waals surface area contributed by atoms with Gasteiger partial charge in [-0.2, -0.15) is 0 Å². The summed E-state index contributed by atoms with van der Waals surface area (Å²) in [6, 6.07) is 0. The lowest BCUT2D eigenvalue weighted by atomic mass is 10.1. The van der Waals surface area contributed by atoms with Gasteiger partial charge in [-0.05, 0) is 31.8 Å². The maximum Gasteiger partial charge on any atom is 0.0497 e. The summed E-state index contributed by atoms with van der Waals surface area (Å²) in [5.41, 5.74) is 9.02. The number of hydrogen-bond acceptors (Lipinski definition) is 2. The summed E-state index contributed by atoms with van der Waals surface area (Å²) in [5, 5.41) is 0.